The van der Waals surface area contributed by atoms with Crippen LogP contribution in [0.25, 0.3) is 0 Å². The molecule has 2 N–H and O–H groups in total. The summed E-state index contributed by atoms with van der Waals surface area (Å²) in [6, 6.07) is 0.239. The molecular formula is C20H31N3O3. The molecule has 0 aromatic carbocycles. The van der Waals surface area contributed by atoms with Gasteiger partial charge in [0.05, 0.1) is 6.10 Å². The van der Waals surface area contributed by atoms with Crippen molar-refractivity contribution in [3.05, 3.63) is 27.4 Å². The Morgan fingerprint density at radius 2 is 2.04 bits per heavy atom. The van der Waals surface area contributed by atoms with E-state index in [-0.39, 0.29) is 23.1 Å². The van der Waals surface area contributed by atoms with Gasteiger partial charge in [0.25, 0.3) is 0 Å². The standard InChI is InChI=1S/C20H31N3O3/c1-4-26-17-12-16(20(17)10-6-5-7-11-20)23-18(24)9-8-15-13(2)21-19(25)22-14(15)3/h16-17H,4-12H2,1-3H3,(H,23,24)(H,21,22,25). The Bertz CT molecular complexity index is 680. The Morgan fingerprint density at radius 1 is 1.31 bits per heavy atom. The van der Waals surface area contributed by atoms with Crippen LogP contribution in [0.15, 0.2) is 4.79 Å². The van der Waals surface area contributed by atoms with Gasteiger partial charge in [0.1, 0.15) is 0 Å². The summed E-state index contributed by atoms with van der Waals surface area (Å²) >= 11 is 0. The van der Waals surface area contributed by atoms with E-state index in [1.54, 1.807) is 0 Å². The Kier molecular flexibility index (Phi) is 5.80. The van der Waals surface area contributed by atoms with E-state index in [1.807, 2.05) is 20.8 Å². The normalized spacial score (nSPS) is 24.3. The average molecular weight is 361 g/mol. The third-order valence-corrected chi connectivity index (χ3v) is 6.33. The van der Waals surface area contributed by atoms with Gasteiger partial charge in [0.2, 0.25) is 5.91 Å². The first-order chi connectivity index (χ1) is 12.5. The Balaban J connectivity index is 1.59. The van der Waals surface area contributed by atoms with Crippen molar-refractivity contribution in [2.75, 3.05) is 6.61 Å². The highest BCUT2D eigenvalue weighted by molar-refractivity contribution is 5.77. The van der Waals surface area contributed by atoms with Crippen molar-refractivity contribution in [3.8, 4) is 0 Å². The molecule has 2 aliphatic carbocycles. The molecule has 0 aliphatic heterocycles. The second-order valence-corrected chi connectivity index (χ2v) is 7.82. The number of rotatable bonds is 6. The number of nitrogens with one attached hydrogen (secondary N) is 2. The predicted octanol–water partition coefficient (Wildman–Crippen LogP) is 2.56. The maximum absolute atomic E-state index is 12.6. The summed E-state index contributed by atoms with van der Waals surface area (Å²) in [5, 5.41) is 3.27. The third kappa shape index (κ3) is 3.70. The van der Waals surface area contributed by atoms with E-state index < -0.39 is 0 Å². The lowest BCUT2D eigenvalue weighted by Crippen LogP contribution is -2.65. The summed E-state index contributed by atoms with van der Waals surface area (Å²) in [5.41, 5.74) is 2.30. The molecule has 26 heavy (non-hydrogen) atoms. The number of aromatic nitrogens is 2. The number of carbonyl (C=O) groups excluding carboxylic acids is 1. The first kappa shape index (κ1) is 19.1. The number of amides is 1. The third-order valence-electron chi connectivity index (χ3n) is 6.33. The number of hydrogen-bond donors (Lipinski definition) is 2. The van der Waals surface area contributed by atoms with Crippen molar-refractivity contribution < 1.29 is 9.53 Å². The van der Waals surface area contributed by atoms with Crippen LogP contribution in [0.5, 0.6) is 0 Å². The van der Waals surface area contributed by atoms with Gasteiger partial charge in [-0.15, -0.1) is 0 Å². The van der Waals surface area contributed by atoms with Gasteiger partial charge in [-0.3, -0.25) is 4.79 Å². The lowest BCUT2D eigenvalue weighted by molar-refractivity contribution is -0.157. The Hall–Kier alpha value is -1.69. The quantitative estimate of drug-likeness (QED) is 0.816. The first-order valence-corrected chi connectivity index (χ1v) is 9.93. The van der Waals surface area contributed by atoms with Crippen molar-refractivity contribution >= 4 is 5.91 Å². The number of H-pyrrole nitrogens is 1. The fourth-order valence-corrected chi connectivity index (χ4v) is 4.89. The summed E-state index contributed by atoms with van der Waals surface area (Å²) in [5.74, 6) is 0.0832. The number of aromatic amines is 1. The van der Waals surface area contributed by atoms with Crippen LogP contribution in [0.2, 0.25) is 0 Å². The molecule has 1 spiro atoms. The molecule has 2 atom stereocenters. The lowest BCUT2D eigenvalue weighted by Gasteiger charge is -2.57. The average Bonchev–Trinajstić information content (AvgIpc) is 2.60. The van der Waals surface area contributed by atoms with Crippen molar-refractivity contribution in [2.45, 2.75) is 84.3 Å². The van der Waals surface area contributed by atoms with E-state index in [4.69, 9.17) is 4.74 Å². The Morgan fingerprint density at radius 3 is 2.69 bits per heavy atom. The molecule has 1 heterocycles. The van der Waals surface area contributed by atoms with Crippen LogP contribution in [0.1, 0.15) is 68.8 Å². The molecule has 6 nitrogen and oxygen atoms in total. The fourth-order valence-electron chi connectivity index (χ4n) is 4.89. The van der Waals surface area contributed by atoms with Crippen LogP contribution in [0.4, 0.5) is 0 Å². The van der Waals surface area contributed by atoms with Gasteiger partial charge in [-0.2, -0.15) is 4.98 Å². The molecule has 1 aromatic heterocycles. The van der Waals surface area contributed by atoms with Gasteiger partial charge in [0.15, 0.2) is 0 Å². The minimum Gasteiger partial charge on any atom is -0.378 e. The Labute approximate surface area is 155 Å². The number of nitrogens with zero attached hydrogens (tertiary/aromatic N) is 1. The van der Waals surface area contributed by atoms with Crippen LogP contribution in [0.3, 0.4) is 0 Å². The SMILES string of the molecule is CCOC1CC(NC(=O)CCc2c(C)nc(=O)[nH]c2C)C12CCCCC2. The van der Waals surface area contributed by atoms with Crippen molar-refractivity contribution in [1.82, 2.24) is 15.3 Å². The molecular weight excluding hydrogens is 330 g/mol. The maximum Gasteiger partial charge on any atom is 0.345 e. The molecule has 0 radical (unpaired) electrons. The summed E-state index contributed by atoms with van der Waals surface area (Å²) in [7, 11) is 0. The second kappa shape index (κ2) is 7.91. The molecule has 1 amide bonds. The van der Waals surface area contributed by atoms with Gasteiger partial charge in [0, 0.05) is 35.9 Å². The molecule has 2 fully saturated rings. The molecule has 1 aromatic rings. The molecule has 2 aliphatic rings. The molecule has 0 bridgehead atoms. The highest BCUT2D eigenvalue weighted by atomic mass is 16.5. The van der Waals surface area contributed by atoms with Gasteiger partial charge in [-0.1, -0.05) is 19.3 Å². The number of hydrogen-bond acceptors (Lipinski definition) is 4. The van der Waals surface area contributed by atoms with Crippen LogP contribution in [-0.4, -0.2) is 34.6 Å². The summed E-state index contributed by atoms with van der Waals surface area (Å²) in [6.07, 6.45) is 8.32. The van der Waals surface area contributed by atoms with Crippen LogP contribution >= 0.6 is 0 Å². The molecule has 2 unspecified atom stereocenters. The van der Waals surface area contributed by atoms with E-state index in [0.29, 0.717) is 24.6 Å². The van der Waals surface area contributed by atoms with Gasteiger partial charge < -0.3 is 15.0 Å². The largest absolute Gasteiger partial charge is 0.378 e. The number of ether oxygens (including phenoxy) is 1. The summed E-state index contributed by atoms with van der Waals surface area (Å²) in [6.45, 7) is 6.47. The van der Waals surface area contributed by atoms with Crippen LogP contribution in [-0.2, 0) is 16.0 Å². The van der Waals surface area contributed by atoms with Crippen LogP contribution < -0.4 is 11.0 Å². The van der Waals surface area contributed by atoms with Crippen molar-refractivity contribution in [3.63, 3.8) is 0 Å². The van der Waals surface area contributed by atoms with E-state index in [2.05, 4.69) is 15.3 Å². The molecule has 6 heteroatoms. The van der Waals surface area contributed by atoms with Gasteiger partial charge in [-0.25, -0.2) is 4.79 Å². The lowest BCUT2D eigenvalue weighted by atomic mass is 9.55. The van der Waals surface area contributed by atoms with E-state index in [0.717, 1.165) is 37.1 Å². The first-order valence-electron chi connectivity index (χ1n) is 9.93. The molecule has 3 rings (SSSR count). The zero-order valence-corrected chi connectivity index (χ0v) is 16.2. The molecule has 2 saturated carbocycles. The zero-order valence-electron chi connectivity index (χ0n) is 16.2. The highest BCUT2D eigenvalue weighted by Crippen LogP contribution is 2.53. The molecule has 0 saturated heterocycles. The zero-order chi connectivity index (χ0) is 18.7. The smallest absolute Gasteiger partial charge is 0.345 e. The van der Waals surface area contributed by atoms with Crippen LogP contribution in [0, 0.1) is 19.3 Å². The fraction of sp³-hybridized carbons (Fsp3) is 0.750. The maximum atomic E-state index is 12.6. The molecule has 144 valence electrons. The van der Waals surface area contributed by atoms with Gasteiger partial charge >= 0.3 is 5.69 Å². The highest BCUT2D eigenvalue weighted by Gasteiger charge is 2.55. The minimum absolute atomic E-state index is 0.0832. The topological polar surface area (TPSA) is 84.1 Å². The van der Waals surface area contributed by atoms with Crippen molar-refractivity contribution in [2.24, 2.45) is 5.41 Å². The predicted molar refractivity (Wildman–Crippen MR) is 100 cm³/mol. The van der Waals surface area contributed by atoms with Crippen molar-refractivity contribution in [1.29, 1.82) is 0 Å². The second-order valence-electron chi connectivity index (χ2n) is 7.82. The van der Waals surface area contributed by atoms with E-state index >= 15 is 0 Å². The van der Waals surface area contributed by atoms with Gasteiger partial charge in [-0.05, 0) is 52.0 Å². The minimum atomic E-state index is -0.330. The summed E-state index contributed by atoms with van der Waals surface area (Å²) < 4.78 is 5.96. The number of aryl methyl sites for hydroxylation is 2. The summed E-state index contributed by atoms with van der Waals surface area (Å²) in [4.78, 5) is 30.6. The monoisotopic (exact) mass is 361 g/mol. The van der Waals surface area contributed by atoms with E-state index in [1.165, 1.54) is 19.3 Å². The van der Waals surface area contributed by atoms with E-state index in [9.17, 15) is 9.59 Å². The number of carbonyl (C=O) groups is 1.